The van der Waals surface area contributed by atoms with E-state index < -0.39 is 10.0 Å². The number of amides is 1. The average Bonchev–Trinajstić information content (AvgIpc) is 2.76. The van der Waals surface area contributed by atoms with Gasteiger partial charge in [-0.1, -0.05) is 42.5 Å². The number of nitrogens with zero attached hydrogens (tertiary/aromatic N) is 1. The lowest BCUT2D eigenvalue weighted by atomic mass is 9.98. The summed E-state index contributed by atoms with van der Waals surface area (Å²) in [5, 5.41) is 2.92. The quantitative estimate of drug-likeness (QED) is 0.658. The van der Waals surface area contributed by atoms with Crippen molar-refractivity contribution in [1.29, 1.82) is 0 Å². The van der Waals surface area contributed by atoms with Crippen molar-refractivity contribution in [2.45, 2.75) is 32.6 Å². The third kappa shape index (κ3) is 6.06. The monoisotopic (exact) mass is 430 g/mol. The maximum Gasteiger partial charge on any atom is 0.228 e. The van der Waals surface area contributed by atoms with Crippen molar-refractivity contribution in [2.75, 3.05) is 30.8 Å². The molecule has 0 bridgehead atoms. The molecule has 30 heavy (non-hydrogen) atoms. The highest BCUT2D eigenvalue weighted by Gasteiger charge is 2.32. The fraction of sp³-hybridized carbons (Fsp3) is 0.435. The van der Waals surface area contributed by atoms with Crippen LogP contribution in [-0.2, 0) is 21.2 Å². The summed E-state index contributed by atoms with van der Waals surface area (Å²) in [7, 11) is -3.38. The average molecular weight is 431 g/mol. The number of benzene rings is 2. The van der Waals surface area contributed by atoms with Gasteiger partial charge in [0.25, 0.3) is 0 Å². The largest absolute Gasteiger partial charge is 0.492 e. The Hall–Kier alpha value is -2.38. The summed E-state index contributed by atoms with van der Waals surface area (Å²) < 4.78 is 32.7. The molecule has 1 amide bonds. The third-order valence-electron chi connectivity index (χ3n) is 5.30. The molecule has 1 N–H and O–H groups in total. The number of nitrogens with one attached hydrogen (secondary N) is 1. The number of rotatable bonds is 9. The summed E-state index contributed by atoms with van der Waals surface area (Å²) in [4.78, 5) is 12.8. The predicted molar refractivity (Wildman–Crippen MR) is 119 cm³/mol. The van der Waals surface area contributed by atoms with Gasteiger partial charge in [-0.2, -0.15) is 0 Å². The van der Waals surface area contributed by atoms with Crippen LogP contribution in [0.1, 0.15) is 31.7 Å². The van der Waals surface area contributed by atoms with Crippen molar-refractivity contribution in [1.82, 2.24) is 4.31 Å². The van der Waals surface area contributed by atoms with Crippen LogP contribution in [0, 0.1) is 5.92 Å². The van der Waals surface area contributed by atoms with E-state index in [2.05, 4.69) is 5.32 Å². The highest BCUT2D eigenvalue weighted by atomic mass is 32.2. The van der Waals surface area contributed by atoms with Gasteiger partial charge in [-0.05, 0) is 50.3 Å². The van der Waals surface area contributed by atoms with Gasteiger partial charge < -0.3 is 10.1 Å². The number of sulfonamides is 1. The zero-order chi connectivity index (χ0) is 21.4. The summed E-state index contributed by atoms with van der Waals surface area (Å²) in [6.07, 6.45) is 2.66. The molecule has 1 fully saturated rings. The van der Waals surface area contributed by atoms with Gasteiger partial charge in [-0.3, -0.25) is 4.79 Å². The first kappa shape index (κ1) is 22.3. The van der Waals surface area contributed by atoms with E-state index >= 15 is 0 Å². The van der Waals surface area contributed by atoms with Crippen LogP contribution in [-0.4, -0.2) is 44.1 Å². The number of ether oxygens (including phenoxy) is 1. The Morgan fingerprint density at radius 2 is 1.87 bits per heavy atom. The van der Waals surface area contributed by atoms with Crippen LogP contribution in [0.4, 0.5) is 5.69 Å². The molecule has 3 rings (SSSR count). The minimum Gasteiger partial charge on any atom is -0.492 e. The van der Waals surface area contributed by atoms with Gasteiger partial charge in [0, 0.05) is 13.1 Å². The first-order chi connectivity index (χ1) is 14.5. The van der Waals surface area contributed by atoms with Crippen molar-refractivity contribution < 1.29 is 17.9 Å². The lowest BCUT2D eigenvalue weighted by Crippen LogP contribution is -2.44. The number of carbonyl (C=O) groups excluding carboxylic acids is 1. The maximum absolute atomic E-state index is 12.8. The van der Waals surface area contributed by atoms with Crippen LogP contribution in [0.2, 0.25) is 0 Å². The highest BCUT2D eigenvalue weighted by molar-refractivity contribution is 7.89. The molecule has 1 heterocycles. The summed E-state index contributed by atoms with van der Waals surface area (Å²) >= 11 is 0. The molecule has 2 aromatic rings. The van der Waals surface area contributed by atoms with Crippen molar-refractivity contribution in [3.8, 4) is 5.75 Å². The van der Waals surface area contributed by atoms with Crippen molar-refractivity contribution >= 4 is 21.6 Å². The molecule has 1 aliphatic rings. The molecular weight excluding hydrogens is 400 g/mol. The Morgan fingerprint density at radius 1 is 1.13 bits per heavy atom. The number of anilines is 1. The zero-order valence-corrected chi connectivity index (χ0v) is 18.2. The van der Waals surface area contributed by atoms with E-state index in [0.717, 1.165) is 12.0 Å². The van der Waals surface area contributed by atoms with Gasteiger partial charge in [0.05, 0.1) is 24.0 Å². The van der Waals surface area contributed by atoms with Crippen molar-refractivity contribution in [2.24, 2.45) is 5.92 Å². The van der Waals surface area contributed by atoms with Crippen molar-refractivity contribution in [3.05, 3.63) is 60.2 Å². The highest BCUT2D eigenvalue weighted by Crippen LogP contribution is 2.26. The van der Waals surface area contributed by atoms with Crippen LogP contribution >= 0.6 is 0 Å². The molecule has 1 saturated heterocycles. The van der Waals surface area contributed by atoms with Gasteiger partial charge in [-0.15, -0.1) is 0 Å². The minimum atomic E-state index is -3.38. The van der Waals surface area contributed by atoms with E-state index in [1.807, 2.05) is 55.5 Å². The van der Waals surface area contributed by atoms with Crippen LogP contribution < -0.4 is 10.1 Å². The molecular formula is C23H30N2O4S. The van der Waals surface area contributed by atoms with Gasteiger partial charge in [0.1, 0.15) is 5.75 Å². The summed E-state index contributed by atoms with van der Waals surface area (Å²) in [6, 6.07) is 17.2. The van der Waals surface area contributed by atoms with Crippen LogP contribution in [0.3, 0.4) is 0 Å². The van der Waals surface area contributed by atoms with Gasteiger partial charge in [-0.25, -0.2) is 12.7 Å². The van der Waals surface area contributed by atoms with E-state index in [0.29, 0.717) is 43.9 Å². The number of piperidine rings is 1. The zero-order valence-electron chi connectivity index (χ0n) is 17.4. The molecule has 7 heteroatoms. The topological polar surface area (TPSA) is 75.7 Å². The number of hydrogen-bond donors (Lipinski definition) is 1. The second-order valence-electron chi connectivity index (χ2n) is 7.52. The fourth-order valence-electron chi connectivity index (χ4n) is 3.73. The Morgan fingerprint density at radius 3 is 2.63 bits per heavy atom. The molecule has 0 aliphatic carbocycles. The Balaban J connectivity index is 1.56. The second-order valence-corrected chi connectivity index (χ2v) is 9.61. The minimum absolute atomic E-state index is 0.101. The fourth-order valence-corrected chi connectivity index (χ4v) is 5.31. The molecule has 1 atom stereocenters. The van der Waals surface area contributed by atoms with Crippen LogP contribution in [0.15, 0.2) is 54.6 Å². The molecule has 6 nitrogen and oxygen atoms in total. The van der Waals surface area contributed by atoms with E-state index in [1.54, 1.807) is 6.07 Å². The molecule has 1 unspecified atom stereocenters. The Kier molecular flexibility index (Phi) is 7.87. The molecule has 0 spiro atoms. The third-order valence-corrected chi connectivity index (χ3v) is 7.23. The molecule has 1 aliphatic heterocycles. The molecule has 162 valence electrons. The standard InChI is InChI=1S/C23H30N2O4S/c1-2-29-22-15-7-6-14-21(22)24-23(26)20-13-8-16-25(18-20)30(27,28)17-9-12-19-10-4-3-5-11-19/h3-7,10-11,14-15,20H,2,8-9,12-13,16-18H2,1H3,(H,24,26). The van der Waals surface area contributed by atoms with E-state index in [9.17, 15) is 13.2 Å². The smallest absolute Gasteiger partial charge is 0.228 e. The predicted octanol–water partition coefficient (Wildman–Crippen LogP) is 3.70. The summed E-state index contributed by atoms with van der Waals surface area (Å²) in [5.41, 5.74) is 1.75. The Labute approximate surface area is 179 Å². The molecule has 0 radical (unpaired) electrons. The van der Waals surface area contributed by atoms with E-state index in [1.165, 1.54) is 4.31 Å². The second kappa shape index (κ2) is 10.6. The summed E-state index contributed by atoms with van der Waals surface area (Å²) in [5.74, 6) is 0.196. The van der Waals surface area contributed by atoms with Gasteiger partial charge in [0.15, 0.2) is 0 Å². The Bertz CT molecular complexity index is 931. The lowest BCUT2D eigenvalue weighted by Gasteiger charge is -2.31. The number of carbonyl (C=O) groups is 1. The van der Waals surface area contributed by atoms with E-state index in [-0.39, 0.29) is 24.1 Å². The van der Waals surface area contributed by atoms with E-state index in [4.69, 9.17) is 4.74 Å². The molecule has 0 saturated carbocycles. The van der Waals surface area contributed by atoms with Crippen LogP contribution in [0.25, 0.3) is 0 Å². The van der Waals surface area contributed by atoms with Crippen molar-refractivity contribution in [3.63, 3.8) is 0 Å². The lowest BCUT2D eigenvalue weighted by molar-refractivity contribution is -0.120. The molecule has 2 aromatic carbocycles. The number of aryl methyl sites for hydroxylation is 1. The first-order valence-electron chi connectivity index (χ1n) is 10.5. The SMILES string of the molecule is CCOc1ccccc1NC(=O)C1CCCN(S(=O)(=O)CCCc2ccccc2)C1. The van der Waals surface area contributed by atoms with Crippen LogP contribution in [0.5, 0.6) is 5.75 Å². The maximum atomic E-state index is 12.8. The summed E-state index contributed by atoms with van der Waals surface area (Å²) in [6.45, 7) is 3.11. The number of hydrogen-bond acceptors (Lipinski definition) is 4. The van der Waals surface area contributed by atoms with Gasteiger partial charge >= 0.3 is 0 Å². The van der Waals surface area contributed by atoms with Gasteiger partial charge in [0.2, 0.25) is 15.9 Å². The number of para-hydroxylation sites is 2. The normalized spacial score (nSPS) is 17.4. The molecule has 0 aromatic heterocycles. The first-order valence-corrected chi connectivity index (χ1v) is 12.1.